The monoisotopic (exact) mass is 311 g/mol. The molecule has 0 fully saturated rings. The molecule has 1 aromatic carbocycles. The predicted octanol–water partition coefficient (Wildman–Crippen LogP) is 3.18. The van der Waals surface area contributed by atoms with Gasteiger partial charge >= 0.3 is 6.18 Å². The zero-order valence-electron chi connectivity index (χ0n) is 12.4. The molecule has 1 unspecified atom stereocenters. The van der Waals surface area contributed by atoms with Crippen molar-refractivity contribution in [2.75, 3.05) is 7.05 Å². The number of halogens is 3. The molecule has 1 heterocycles. The molecule has 0 aliphatic carbocycles. The molecule has 1 N–H and O–H groups in total. The summed E-state index contributed by atoms with van der Waals surface area (Å²) < 4.78 is 39.9. The van der Waals surface area contributed by atoms with Crippen LogP contribution in [0.1, 0.15) is 40.3 Å². The summed E-state index contributed by atoms with van der Waals surface area (Å²) in [5, 5.41) is 6.64. The Morgan fingerprint density at radius 2 is 2.00 bits per heavy atom. The fraction of sp³-hybridized carbons (Fsp3) is 0.333. The van der Waals surface area contributed by atoms with Crippen LogP contribution in [0.4, 0.5) is 13.2 Å². The number of aromatic nitrogens is 2. The third-order valence-corrected chi connectivity index (χ3v) is 3.45. The first-order chi connectivity index (χ1) is 10.2. The second-order valence-electron chi connectivity index (χ2n) is 4.99. The fourth-order valence-corrected chi connectivity index (χ4v) is 2.23. The summed E-state index contributed by atoms with van der Waals surface area (Å²) in [4.78, 5) is 11.6. The Bertz CT molecular complexity index is 692. The van der Waals surface area contributed by atoms with Crippen molar-refractivity contribution in [3.63, 3.8) is 0 Å². The second-order valence-corrected chi connectivity index (χ2v) is 4.99. The molecule has 0 spiro atoms. The van der Waals surface area contributed by atoms with Crippen LogP contribution in [0.2, 0.25) is 0 Å². The number of alkyl halides is 3. The number of nitrogens with zero attached hydrogens (tertiary/aromatic N) is 2. The average Bonchev–Trinajstić information content (AvgIpc) is 2.87. The number of hydrogen-bond donors (Lipinski definition) is 1. The number of nitrogens with one attached hydrogen (secondary N) is 1. The van der Waals surface area contributed by atoms with Crippen LogP contribution in [0.3, 0.4) is 0 Å². The van der Waals surface area contributed by atoms with Crippen LogP contribution in [-0.4, -0.2) is 22.7 Å². The smallest absolute Gasteiger partial charge is 0.354 e. The van der Waals surface area contributed by atoms with Crippen LogP contribution in [0.5, 0.6) is 0 Å². The van der Waals surface area contributed by atoms with Gasteiger partial charge in [0.1, 0.15) is 5.69 Å². The fourth-order valence-electron chi connectivity index (χ4n) is 2.23. The highest BCUT2D eigenvalue weighted by Crippen LogP contribution is 2.31. The maximum Gasteiger partial charge on any atom is 0.416 e. The standard InChI is InChI=1S/C15H16F3N3O/c1-9-7-13(14(22)19-3)20-21(9)10(2)11-5-4-6-12(8-11)15(16,17)18/h4-8,10H,1-3H3,(H,19,22). The zero-order valence-corrected chi connectivity index (χ0v) is 12.4. The number of benzene rings is 1. The number of carbonyl (C=O) groups is 1. The third kappa shape index (κ3) is 3.13. The maximum absolute atomic E-state index is 12.8. The molecule has 22 heavy (non-hydrogen) atoms. The molecule has 2 rings (SSSR count). The van der Waals surface area contributed by atoms with Gasteiger partial charge in [-0.3, -0.25) is 9.48 Å². The first-order valence-electron chi connectivity index (χ1n) is 6.69. The van der Waals surface area contributed by atoms with Crippen LogP contribution in [0.25, 0.3) is 0 Å². The van der Waals surface area contributed by atoms with E-state index in [1.54, 1.807) is 30.7 Å². The third-order valence-electron chi connectivity index (χ3n) is 3.45. The molecule has 0 saturated carbocycles. The quantitative estimate of drug-likeness (QED) is 0.946. The predicted molar refractivity (Wildman–Crippen MR) is 75.6 cm³/mol. The van der Waals surface area contributed by atoms with Gasteiger partial charge < -0.3 is 5.32 Å². The van der Waals surface area contributed by atoms with E-state index in [9.17, 15) is 18.0 Å². The van der Waals surface area contributed by atoms with Gasteiger partial charge in [-0.15, -0.1) is 0 Å². The van der Waals surface area contributed by atoms with Crippen molar-refractivity contribution < 1.29 is 18.0 Å². The van der Waals surface area contributed by atoms with Gasteiger partial charge in [0.15, 0.2) is 0 Å². The summed E-state index contributed by atoms with van der Waals surface area (Å²) in [6.45, 7) is 3.49. The van der Waals surface area contributed by atoms with E-state index in [0.717, 1.165) is 12.1 Å². The molecule has 0 radical (unpaired) electrons. The number of aryl methyl sites for hydroxylation is 1. The Hall–Kier alpha value is -2.31. The molecule has 1 atom stereocenters. The van der Waals surface area contributed by atoms with Crippen molar-refractivity contribution in [1.82, 2.24) is 15.1 Å². The average molecular weight is 311 g/mol. The zero-order chi connectivity index (χ0) is 16.5. The molecule has 118 valence electrons. The molecule has 0 aliphatic heterocycles. The minimum Gasteiger partial charge on any atom is -0.354 e. The van der Waals surface area contributed by atoms with Crippen molar-refractivity contribution in [2.24, 2.45) is 0 Å². The molecular formula is C15H16F3N3O. The molecule has 0 saturated heterocycles. The Kier molecular flexibility index (Phi) is 4.25. The molecule has 0 bridgehead atoms. The summed E-state index contributed by atoms with van der Waals surface area (Å²) in [6, 6.07) is 6.30. The molecule has 7 heteroatoms. The number of amides is 1. The van der Waals surface area contributed by atoms with Crippen molar-refractivity contribution in [3.05, 3.63) is 52.8 Å². The van der Waals surface area contributed by atoms with Gasteiger partial charge in [0, 0.05) is 12.7 Å². The molecule has 0 aliphatic rings. The largest absolute Gasteiger partial charge is 0.416 e. The summed E-state index contributed by atoms with van der Waals surface area (Å²) in [7, 11) is 1.49. The van der Waals surface area contributed by atoms with E-state index in [1.807, 2.05) is 0 Å². The Morgan fingerprint density at radius 3 is 2.59 bits per heavy atom. The van der Waals surface area contributed by atoms with Crippen LogP contribution in [-0.2, 0) is 6.18 Å². The minimum atomic E-state index is -4.39. The van der Waals surface area contributed by atoms with E-state index in [0.29, 0.717) is 11.3 Å². The topological polar surface area (TPSA) is 46.9 Å². The number of rotatable bonds is 3. The van der Waals surface area contributed by atoms with Crippen molar-refractivity contribution in [2.45, 2.75) is 26.1 Å². The Balaban J connectivity index is 2.38. The van der Waals surface area contributed by atoms with Gasteiger partial charge in [-0.2, -0.15) is 18.3 Å². The van der Waals surface area contributed by atoms with Crippen LogP contribution in [0.15, 0.2) is 30.3 Å². The molecule has 2 aromatic rings. The number of carbonyl (C=O) groups excluding carboxylic acids is 1. The lowest BCUT2D eigenvalue weighted by molar-refractivity contribution is -0.137. The van der Waals surface area contributed by atoms with Crippen LogP contribution < -0.4 is 5.32 Å². The highest BCUT2D eigenvalue weighted by molar-refractivity contribution is 5.92. The minimum absolute atomic E-state index is 0.235. The first-order valence-corrected chi connectivity index (χ1v) is 6.69. The van der Waals surface area contributed by atoms with Gasteiger partial charge in [-0.05, 0) is 37.6 Å². The van der Waals surface area contributed by atoms with Crippen molar-refractivity contribution >= 4 is 5.91 Å². The van der Waals surface area contributed by atoms with Gasteiger partial charge in [0.25, 0.3) is 5.91 Å². The van der Waals surface area contributed by atoms with Gasteiger partial charge in [-0.25, -0.2) is 0 Å². The van der Waals surface area contributed by atoms with Crippen LogP contribution >= 0.6 is 0 Å². The molecule has 1 aromatic heterocycles. The van der Waals surface area contributed by atoms with E-state index < -0.39 is 17.8 Å². The van der Waals surface area contributed by atoms with E-state index >= 15 is 0 Å². The first kappa shape index (κ1) is 16.1. The highest BCUT2D eigenvalue weighted by Gasteiger charge is 2.31. The van der Waals surface area contributed by atoms with Crippen molar-refractivity contribution in [1.29, 1.82) is 0 Å². The summed E-state index contributed by atoms with van der Waals surface area (Å²) in [6.07, 6.45) is -4.39. The number of hydrogen-bond acceptors (Lipinski definition) is 2. The second kappa shape index (κ2) is 5.82. The maximum atomic E-state index is 12.8. The Morgan fingerprint density at radius 1 is 1.32 bits per heavy atom. The van der Waals surface area contributed by atoms with E-state index in [-0.39, 0.29) is 11.6 Å². The molecule has 1 amide bonds. The summed E-state index contributed by atoms with van der Waals surface area (Å²) >= 11 is 0. The molecule has 4 nitrogen and oxygen atoms in total. The SMILES string of the molecule is CNC(=O)c1cc(C)n(C(C)c2cccc(C(F)(F)F)c2)n1. The van der Waals surface area contributed by atoms with E-state index in [2.05, 4.69) is 10.4 Å². The summed E-state index contributed by atoms with van der Waals surface area (Å²) in [5.74, 6) is -0.335. The van der Waals surface area contributed by atoms with Gasteiger partial charge in [0.05, 0.1) is 11.6 Å². The van der Waals surface area contributed by atoms with Gasteiger partial charge in [0.2, 0.25) is 0 Å². The van der Waals surface area contributed by atoms with E-state index in [4.69, 9.17) is 0 Å². The lowest BCUT2D eigenvalue weighted by atomic mass is 10.0. The summed E-state index contributed by atoms with van der Waals surface area (Å²) in [5.41, 5.74) is 0.708. The van der Waals surface area contributed by atoms with E-state index in [1.165, 1.54) is 13.1 Å². The molecular weight excluding hydrogens is 295 g/mol. The van der Waals surface area contributed by atoms with Crippen LogP contribution in [0, 0.1) is 6.92 Å². The van der Waals surface area contributed by atoms with Crippen molar-refractivity contribution in [3.8, 4) is 0 Å². The normalized spacial score (nSPS) is 13.0. The lowest BCUT2D eigenvalue weighted by Gasteiger charge is -2.16. The van der Waals surface area contributed by atoms with Gasteiger partial charge in [-0.1, -0.05) is 12.1 Å². The highest BCUT2D eigenvalue weighted by atomic mass is 19.4. The Labute approximate surface area is 125 Å². The lowest BCUT2D eigenvalue weighted by Crippen LogP contribution is -2.19.